The first kappa shape index (κ1) is 20.1. The predicted octanol–water partition coefficient (Wildman–Crippen LogP) is 6.98. The average Bonchev–Trinajstić information content (AvgIpc) is 2.55. The molecule has 1 aromatic carbocycles. The first-order chi connectivity index (χ1) is 11.2. The number of rotatable bonds is 13. The van der Waals surface area contributed by atoms with Crippen molar-refractivity contribution in [1.82, 2.24) is 0 Å². The summed E-state index contributed by atoms with van der Waals surface area (Å²) >= 11 is 0. The molecule has 0 unspecified atom stereocenters. The summed E-state index contributed by atoms with van der Waals surface area (Å²) in [5.74, 6) is 0.534. The smallest absolute Gasteiger partial charge is 0.119 e. The zero-order valence-electron chi connectivity index (χ0n) is 15.8. The molecule has 0 bridgehead atoms. The van der Waals surface area contributed by atoms with Crippen LogP contribution in [0.1, 0.15) is 102 Å². The number of benzene rings is 1. The quantitative estimate of drug-likeness (QED) is 0.389. The first-order valence-electron chi connectivity index (χ1n) is 10.1. The molecule has 0 atom stereocenters. The number of unbranched alkanes of at least 4 members (excludes halogenated alkanes) is 7. The molecule has 0 heterocycles. The molecule has 0 saturated carbocycles. The van der Waals surface area contributed by atoms with E-state index in [-0.39, 0.29) is 0 Å². The fraction of sp³-hybridized carbons (Fsp3) is 0.727. The molecule has 1 rings (SSSR count). The third-order valence-corrected chi connectivity index (χ3v) is 4.86. The van der Waals surface area contributed by atoms with Gasteiger partial charge in [-0.2, -0.15) is 0 Å². The van der Waals surface area contributed by atoms with Crippen molar-refractivity contribution in [3.63, 3.8) is 0 Å². The number of aryl methyl sites for hydroxylation is 1. The third kappa shape index (κ3) is 7.42. The number of phenols is 1. The van der Waals surface area contributed by atoms with E-state index in [9.17, 15) is 5.11 Å². The van der Waals surface area contributed by atoms with Crippen LogP contribution in [-0.2, 0) is 19.3 Å². The number of phenolic OH excluding ortho intramolecular Hbond substituents is 1. The Morgan fingerprint density at radius 1 is 0.609 bits per heavy atom. The van der Waals surface area contributed by atoms with Gasteiger partial charge >= 0.3 is 0 Å². The maximum atomic E-state index is 10.4. The van der Waals surface area contributed by atoms with Crippen molar-refractivity contribution in [3.8, 4) is 5.75 Å². The lowest BCUT2D eigenvalue weighted by Gasteiger charge is -2.17. The fourth-order valence-electron chi connectivity index (χ4n) is 3.40. The fourth-order valence-corrected chi connectivity index (χ4v) is 3.40. The largest absolute Gasteiger partial charge is 0.508 e. The van der Waals surface area contributed by atoms with Gasteiger partial charge in [0.15, 0.2) is 0 Å². The van der Waals surface area contributed by atoms with Crippen LogP contribution in [0.4, 0.5) is 0 Å². The third-order valence-electron chi connectivity index (χ3n) is 4.86. The number of aromatic hydroxyl groups is 1. The number of hydrogen-bond donors (Lipinski definition) is 1. The van der Waals surface area contributed by atoms with E-state index >= 15 is 0 Å². The van der Waals surface area contributed by atoms with Crippen LogP contribution in [0.3, 0.4) is 0 Å². The Balaban J connectivity index is 2.85. The van der Waals surface area contributed by atoms with Crippen molar-refractivity contribution in [2.75, 3.05) is 0 Å². The molecule has 1 aromatic rings. The first-order valence-corrected chi connectivity index (χ1v) is 10.1. The SMILES string of the molecule is CCCCCCc1c(O)ccc(CCCCC)c1CCCCC. The Hall–Kier alpha value is -0.980. The van der Waals surface area contributed by atoms with E-state index in [2.05, 4.69) is 26.8 Å². The summed E-state index contributed by atoms with van der Waals surface area (Å²) < 4.78 is 0. The monoisotopic (exact) mass is 318 g/mol. The lowest BCUT2D eigenvalue weighted by molar-refractivity contribution is 0.464. The molecule has 0 aliphatic rings. The Morgan fingerprint density at radius 2 is 1.13 bits per heavy atom. The highest BCUT2D eigenvalue weighted by molar-refractivity contribution is 5.45. The minimum atomic E-state index is 0.534. The standard InChI is InChI=1S/C22H38O/c1-4-7-10-13-16-21-20(15-12-9-6-3)19(14-11-8-5-2)17-18-22(21)23/h17-18,23H,4-16H2,1-3H3. The normalized spacial score (nSPS) is 11.1. The highest BCUT2D eigenvalue weighted by Crippen LogP contribution is 2.29. The van der Waals surface area contributed by atoms with Gasteiger partial charge in [-0.1, -0.05) is 71.8 Å². The van der Waals surface area contributed by atoms with Gasteiger partial charge in [-0.15, -0.1) is 0 Å². The molecule has 132 valence electrons. The number of hydrogen-bond acceptors (Lipinski definition) is 1. The van der Waals surface area contributed by atoms with Crippen LogP contribution >= 0.6 is 0 Å². The molecule has 0 amide bonds. The second-order valence-electron chi connectivity index (χ2n) is 6.93. The summed E-state index contributed by atoms with van der Waals surface area (Å²) in [5, 5.41) is 10.4. The summed E-state index contributed by atoms with van der Waals surface area (Å²) in [6, 6.07) is 4.13. The molecule has 0 aliphatic carbocycles. The van der Waals surface area contributed by atoms with Gasteiger partial charge in [-0.3, -0.25) is 0 Å². The molecular formula is C22H38O. The molecule has 1 heteroatoms. The van der Waals surface area contributed by atoms with E-state index < -0.39 is 0 Å². The van der Waals surface area contributed by atoms with E-state index in [0.717, 1.165) is 12.8 Å². The summed E-state index contributed by atoms with van der Waals surface area (Å²) in [5.41, 5.74) is 4.23. The Bertz CT molecular complexity index is 422. The minimum Gasteiger partial charge on any atom is -0.508 e. The lowest BCUT2D eigenvalue weighted by Crippen LogP contribution is -2.02. The topological polar surface area (TPSA) is 20.2 Å². The van der Waals surface area contributed by atoms with Crippen LogP contribution in [0.25, 0.3) is 0 Å². The summed E-state index contributed by atoms with van der Waals surface area (Å²) in [4.78, 5) is 0. The van der Waals surface area contributed by atoms with E-state index in [1.54, 1.807) is 0 Å². The molecule has 1 N–H and O–H groups in total. The minimum absolute atomic E-state index is 0.534. The second-order valence-corrected chi connectivity index (χ2v) is 6.93. The van der Waals surface area contributed by atoms with Crippen molar-refractivity contribution in [3.05, 3.63) is 28.8 Å². The van der Waals surface area contributed by atoms with Gasteiger partial charge in [0.1, 0.15) is 5.75 Å². The zero-order chi connectivity index (χ0) is 16.9. The van der Waals surface area contributed by atoms with Crippen molar-refractivity contribution >= 4 is 0 Å². The summed E-state index contributed by atoms with van der Waals surface area (Å²) in [7, 11) is 0. The molecule has 0 fully saturated rings. The zero-order valence-corrected chi connectivity index (χ0v) is 15.8. The molecule has 0 spiro atoms. The van der Waals surface area contributed by atoms with Gasteiger partial charge in [0.25, 0.3) is 0 Å². The average molecular weight is 319 g/mol. The van der Waals surface area contributed by atoms with Crippen LogP contribution in [0.2, 0.25) is 0 Å². The van der Waals surface area contributed by atoms with E-state index in [4.69, 9.17) is 0 Å². The molecule has 0 aromatic heterocycles. The van der Waals surface area contributed by atoms with Gasteiger partial charge in [0, 0.05) is 0 Å². The molecule has 0 saturated heterocycles. The van der Waals surface area contributed by atoms with Crippen LogP contribution in [0, 0.1) is 0 Å². The highest BCUT2D eigenvalue weighted by atomic mass is 16.3. The Labute approximate surface area is 144 Å². The van der Waals surface area contributed by atoms with Crippen LogP contribution in [-0.4, -0.2) is 5.11 Å². The molecule has 0 aliphatic heterocycles. The van der Waals surface area contributed by atoms with E-state index in [1.165, 1.54) is 87.3 Å². The van der Waals surface area contributed by atoms with Crippen molar-refractivity contribution < 1.29 is 5.11 Å². The second kappa shape index (κ2) is 12.4. The maximum absolute atomic E-state index is 10.4. The lowest BCUT2D eigenvalue weighted by atomic mass is 9.89. The van der Waals surface area contributed by atoms with Crippen molar-refractivity contribution in [2.24, 2.45) is 0 Å². The van der Waals surface area contributed by atoms with E-state index in [0.29, 0.717) is 5.75 Å². The van der Waals surface area contributed by atoms with Gasteiger partial charge in [0.05, 0.1) is 0 Å². The van der Waals surface area contributed by atoms with Crippen LogP contribution in [0.5, 0.6) is 5.75 Å². The van der Waals surface area contributed by atoms with Gasteiger partial charge < -0.3 is 5.11 Å². The maximum Gasteiger partial charge on any atom is 0.119 e. The highest BCUT2D eigenvalue weighted by Gasteiger charge is 2.12. The Morgan fingerprint density at radius 3 is 1.78 bits per heavy atom. The molecule has 1 nitrogen and oxygen atoms in total. The summed E-state index contributed by atoms with van der Waals surface area (Å²) in [6.45, 7) is 6.77. The van der Waals surface area contributed by atoms with Crippen LogP contribution < -0.4 is 0 Å². The van der Waals surface area contributed by atoms with Gasteiger partial charge in [-0.25, -0.2) is 0 Å². The summed E-state index contributed by atoms with van der Waals surface area (Å²) in [6.07, 6.45) is 16.1. The van der Waals surface area contributed by atoms with E-state index in [1.807, 2.05) is 6.07 Å². The van der Waals surface area contributed by atoms with Crippen molar-refractivity contribution in [2.45, 2.75) is 104 Å². The van der Waals surface area contributed by atoms with Gasteiger partial charge in [0.2, 0.25) is 0 Å². The molecule has 0 radical (unpaired) electrons. The van der Waals surface area contributed by atoms with Gasteiger partial charge in [-0.05, 0) is 61.3 Å². The predicted molar refractivity (Wildman–Crippen MR) is 102 cm³/mol. The van der Waals surface area contributed by atoms with Crippen molar-refractivity contribution in [1.29, 1.82) is 0 Å². The molecular weight excluding hydrogens is 280 g/mol. The van der Waals surface area contributed by atoms with Crippen LogP contribution in [0.15, 0.2) is 12.1 Å². The Kier molecular flexibility index (Phi) is 10.9. The molecule has 23 heavy (non-hydrogen) atoms.